The van der Waals surface area contributed by atoms with Crippen LogP contribution in [-0.4, -0.2) is 27.8 Å². The van der Waals surface area contributed by atoms with Gasteiger partial charge in [-0.1, -0.05) is 6.07 Å². The van der Waals surface area contributed by atoms with Crippen molar-refractivity contribution in [2.45, 2.75) is 26.4 Å². The van der Waals surface area contributed by atoms with Crippen LogP contribution in [0.1, 0.15) is 36.1 Å². The van der Waals surface area contributed by atoms with Crippen molar-refractivity contribution in [3.8, 4) is 5.75 Å². The number of rotatable bonds is 5. The summed E-state index contributed by atoms with van der Waals surface area (Å²) in [6, 6.07) is 3.85. The molecule has 0 fully saturated rings. The molecule has 2 rings (SSSR count). The summed E-state index contributed by atoms with van der Waals surface area (Å²) in [7, 11) is 1.39. The first-order chi connectivity index (χ1) is 10.1. The van der Waals surface area contributed by atoms with Crippen molar-refractivity contribution < 1.29 is 13.9 Å². The number of hydrogen-bond donors (Lipinski definition) is 1. The monoisotopic (exact) mass is 292 g/mol. The number of hydrogen-bond acceptors (Lipinski definition) is 4. The molecule has 0 saturated carbocycles. The van der Waals surface area contributed by atoms with Gasteiger partial charge in [-0.05, 0) is 26.0 Å². The van der Waals surface area contributed by atoms with Crippen LogP contribution in [0.2, 0.25) is 0 Å². The van der Waals surface area contributed by atoms with Crippen LogP contribution in [0.25, 0.3) is 0 Å². The molecule has 21 heavy (non-hydrogen) atoms. The van der Waals surface area contributed by atoms with Gasteiger partial charge in [-0.2, -0.15) is 5.10 Å². The van der Waals surface area contributed by atoms with Gasteiger partial charge in [-0.15, -0.1) is 0 Å². The number of aryl methyl sites for hydroxylation is 1. The maximum Gasteiger partial charge on any atom is 0.258 e. The van der Waals surface area contributed by atoms with E-state index < -0.39 is 17.8 Å². The molecule has 1 amide bonds. The zero-order valence-electron chi connectivity index (χ0n) is 12.1. The Morgan fingerprint density at radius 1 is 1.52 bits per heavy atom. The van der Waals surface area contributed by atoms with Crippen LogP contribution in [0.4, 0.5) is 4.39 Å². The van der Waals surface area contributed by atoms with Gasteiger partial charge in [-0.3, -0.25) is 4.79 Å². The highest BCUT2D eigenvalue weighted by atomic mass is 19.1. The van der Waals surface area contributed by atoms with Crippen molar-refractivity contribution in [1.29, 1.82) is 0 Å². The molecule has 0 spiro atoms. The van der Waals surface area contributed by atoms with Crippen molar-refractivity contribution in [3.05, 3.63) is 41.7 Å². The Balaban J connectivity index is 2.22. The third kappa shape index (κ3) is 3.01. The SMILES string of the molecule is CCn1ncnc1[C@H](C)NC(=O)c1c(F)cccc1OC. The summed E-state index contributed by atoms with van der Waals surface area (Å²) < 4.78 is 20.6. The van der Waals surface area contributed by atoms with Gasteiger partial charge in [-0.25, -0.2) is 14.1 Å². The van der Waals surface area contributed by atoms with E-state index in [1.165, 1.54) is 31.6 Å². The summed E-state index contributed by atoms with van der Waals surface area (Å²) in [6.07, 6.45) is 1.42. The lowest BCUT2D eigenvalue weighted by molar-refractivity contribution is 0.0930. The second kappa shape index (κ2) is 6.34. The van der Waals surface area contributed by atoms with E-state index in [2.05, 4.69) is 15.4 Å². The minimum absolute atomic E-state index is 0.116. The minimum atomic E-state index is -0.629. The molecule has 1 aromatic heterocycles. The first-order valence-corrected chi connectivity index (χ1v) is 6.59. The van der Waals surface area contributed by atoms with Gasteiger partial charge in [0.25, 0.3) is 5.91 Å². The number of amides is 1. The van der Waals surface area contributed by atoms with Gasteiger partial charge in [0.05, 0.1) is 13.2 Å². The van der Waals surface area contributed by atoms with E-state index in [0.717, 1.165) is 0 Å². The number of ether oxygens (including phenoxy) is 1. The number of carbonyl (C=O) groups excluding carboxylic acids is 1. The van der Waals surface area contributed by atoms with Crippen molar-refractivity contribution in [1.82, 2.24) is 20.1 Å². The maximum atomic E-state index is 13.9. The third-order valence-corrected chi connectivity index (χ3v) is 3.10. The number of aromatic nitrogens is 3. The van der Waals surface area contributed by atoms with Crippen LogP contribution in [0.3, 0.4) is 0 Å². The summed E-state index contributed by atoms with van der Waals surface area (Å²) in [6.45, 7) is 4.33. The molecule has 1 N–H and O–H groups in total. The number of halogens is 1. The molecule has 1 aromatic carbocycles. The lowest BCUT2D eigenvalue weighted by atomic mass is 10.1. The van der Waals surface area contributed by atoms with Crippen LogP contribution in [0.15, 0.2) is 24.5 Å². The second-order valence-corrected chi connectivity index (χ2v) is 4.45. The number of benzene rings is 1. The van der Waals surface area contributed by atoms with E-state index >= 15 is 0 Å². The molecule has 0 bridgehead atoms. The predicted molar refractivity (Wildman–Crippen MR) is 74.5 cm³/mol. The molecular formula is C14H17FN4O2. The molecule has 0 radical (unpaired) electrons. The lowest BCUT2D eigenvalue weighted by Crippen LogP contribution is -2.29. The molecule has 0 unspecified atom stereocenters. The highest BCUT2D eigenvalue weighted by Crippen LogP contribution is 2.22. The quantitative estimate of drug-likeness (QED) is 0.914. The number of methoxy groups -OCH3 is 1. The Hall–Kier alpha value is -2.44. The molecule has 1 atom stereocenters. The van der Waals surface area contributed by atoms with E-state index in [4.69, 9.17) is 4.74 Å². The molecule has 0 aliphatic carbocycles. The van der Waals surface area contributed by atoms with Crippen molar-refractivity contribution in [3.63, 3.8) is 0 Å². The average molecular weight is 292 g/mol. The van der Waals surface area contributed by atoms with Gasteiger partial charge in [0.1, 0.15) is 29.3 Å². The minimum Gasteiger partial charge on any atom is -0.496 e. The Morgan fingerprint density at radius 2 is 2.29 bits per heavy atom. The van der Waals surface area contributed by atoms with E-state index in [1.54, 1.807) is 11.6 Å². The first kappa shape index (κ1) is 15.0. The standard InChI is InChI=1S/C14H17FN4O2/c1-4-19-13(16-8-17-19)9(2)18-14(20)12-10(15)6-5-7-11(12)21-3/h5-9H,4H2,1-3H3,(H,18,20)/t9-/m0/s1. The van der Waals surface area contributed by atoms with E-state index in [1.807, 2.05) is 6.92 Å². The average Bonchev–Trinajstić information content (AvgIpc) is 2.95. The predicted octanol–water partition coefficient (Wildman–Crippen LogP) is 1.94. The number of nitrogens with one attached hydrogen (secondary N) is 1. The van der Waals surface area contributed by atoms with E-state index in [-0.39, 0.29) is 11.3 Å². The number of nitrogens with zero attached hydrogens (tertiary/aromatic N) is 3. The topological polar surface area (TPSA) is 69.0 Å². The molecule has 2 aromatic rings. The van der Waals surface area contributed by atoms with Crippen molar-refractivity contribution in [2.24, 2.45) is 0 Å². The Labute approximate surface area is 121 Å². The van der Waals surface area contributed by atoms with Crippen LogP contribution in [-0.2, 0) is 6.54 Å². The summed E-state index contributed by atoms with van der Waals surface area (Å²) in [4.78, 5) is 16.4. The van der Waals surface area contributed by atoms with E-state index in [0.29, 0.717) is 12.4 Å². The van der Waals surface area contributed by atoms with Crippen molar-refractivity contribution in [2.75, 3.05) is 7.11 Å². The van der Waals surface area contributed by atoms with Gasteiger partial charge in [0.2, 0.25) is 0 Å². The Kier molecular flexibility index (Phi) is 4.52. The summed E-state index contributed by atoms with van der Waals surface area (Å²) >= 11 is 0. The lowest BCUT2D eigenvalue weighted by Gasteiger charge is -2.15. The Morgan fingerprint density at radius 3 is 2.95 bits per heavy atom. The molecule has 0 aliphatic rings. The summed E-state index contributed by atoms with van der Waals surface area (Å²) in [5.41, 5.74) is -0.116. The van der Waals surface area contributed by atoms with E-state index in [9.17, 15) is 9.18 Å². The van der Waals surface area contributed by atoms with Gasteiger partial charge in [0, 0.05) is 6.54 Å². The highest BCUT2D eigenvalue weighted by molar-refractivity contribution is 5.97. The molecule has 6 nitrogen and oxygen atoms in total. The van der Waals surface area contributed by atoms with Gasteiger partial charge >= 0.3 is 0 Å². The van der Waals surface area contributed by atoms with Gasteiger partial charge in [0.15, 0.2) is 0 Å². The fourth-order valence-corrected chi connectivity index (χ4v) is 2.08. The zero-order valence-corrected chi connectivity index (χ0v) is 12.1. The molecule has 7 heteroatoms. The molecule has 1 heterocycles. The molecular weight excluding hydrogens is 275 g/mol. The largest absolute Gasteiger partial charge is 0.496 e. The summed E-state index contributed by atoms with van der Waals surface area (Å²) in [5.74, 6) is -0.378. The fraction of sp³-hybridized carbons (Fsp3) is 0.357. The third-order valence-electron chi connectivity index (χ3n) is 3.10. The van der Waals surface area contributed by atoms with Crippen LogP contribution >= 0.6 is 0 Å². The highest BCUT2D eigenvalue weighted by Gasteiger charge is 2.21. The Bertz CT molecular complexity index is 642. The maximum absolute atomic E-state index is 13.9. The van der Waals surface area contributed by atoms with Crippen molar-refractivity contribution >= 4 is 5.91 Å². The normalized spacial score (nSPS) is 12.0. The van der Waals surface area contributed by atoms with Crippen LogP contribution < -0.4 is 10.1 Å². The molecule has 112 valence electrons. The van der Waals surface area contributed by atoms with Crippen LogP contribution in [0.5, 0.6) is 5.75 Å². The first-order valence-electron chi connectivity index (χ1n) is 6.59. The number of carbonyl (C=O) groups is 1. The smallest absolute Gasteiger partial charge is 0.258 e. The van der Waals surface area contributed by atoms with Crippen LogP contribution in [0, 0.1) is 5.82 Å². The molecule has 0 saturated heterocycles. The summed E-state index contributed by atoms with van der Waals surface area (Å²) in [5, 5.41) is 6.75. The second-order valence-electron chi connectivity index (χ2n) is 4.45. The van der Waals surface area contributed by atoms with Gasteiger partial charge < -0.3 is 10.1 Å². The fourth-order valence-electron chi connectivity index (χ4n) is 2.08. The zero-order chi connectivity index (χ0) is 15.4. The molecule has 0 aliphatic heterocycles.